The van der Waals surface area contributed by atoms with E-state index < -0.39 is 12.1 Å². The second-order valence-electron chi connectivity index (χ2n) is 7.75. The van der Waals surface area contributed by atoms with Gasteiger partial charge >= 0.3 is 12.0 Å². The van der Waals surface area contributed by atoms with Crippen LogP contribution in [0.15, 0.2) is 47.1 Å². The molecule has 7 nitrogen and oxygen atoms in total. The van der Waals surface area contributed by atoms with Gasteiger partial charge in [-0.3, -0.25) is 4.79 Å². The van der Waals surface area contributed by atoms with Crippen LogP contribution < -0.4 is 10.7 Å². The highest BCUT2D eigenvalue weighted by Crippen LogP contribution is 2.49. The molecule has 0 bridgehead atoms. The van der Waals surface area contributed by atoms with Gasteiger partial charge in [-0.2, -0.15) is 5.10 Å². The minimum Gasteiger partial charge on any atom is -0.469 e. The predicted molar refractivity (Wildman–Crippen MR) is 111 cm³/mol. The van der Waals surface area contributed by atoms with Gasteiger partial charge < -0.3 is 15.2 Å². The summed E-state index contributed by atoms with van der Waals surface area (Å²) in [6.07, 6.45) is 8.28. The van der Waals surface area contributed by atoms with Crippen LogP contribution in [0.5, 0.6) is 0 Å². The number of anilines is 1. The van der Waals surface area contributed by atoms with Crippen molar-refractivity contribution in [3.05, 3.63) is 42.0 Å². The Hall–Kier alpha value is -2.67. The van der Waals surface area contributed by atoms with Crippen LogP contribution in [0.2, 0.25) is 0 Å². The van der Waals surface area contributed by atoms with Crippen molar-refractivity contribution < 1.29 is 19.4 Å². The van der Waals surface area contributed by atoms with E-state index in [1.54, 1.807) is 18.3 Å². The van der Waals surface area contributed by atoms with Crippen molar-refractivity contribution in [2.75, 3.05) is 12.4 Å². The maximum atomic E-state index is 11.9. The number of nitrogens with one attached hydrogen (secondary N) is 2. The van der Waals surface area contributed by atoms with Crippen LogP contribution in [-0.2, 0) is 9.53 Å². The average Bonchev–Trinajstić information content (AvgIpc) is 3.23. The molecule has 4 atom stereocenters. The third kappa shape index (κ3) is 5.90. The first-order valence-corrected chi connectivity index (χ1v) is 10.1. The number of aliphatic hydroxyl groups excluding tert-OH is 1. The number of aliphatic hydroxyl groups is 1. The summed E-state index contributed by atoms with van der Waals surface area (Å²) in [5.74, 6) is 0.568. The normalized spacial score (nSPS) is 27.2. The Morgan fingerprint density at radius 3 is 2.83 bits per heavy atom. The van der Waals surface area contributed by atoms with Crippen LogP contribution in [0.3, 0.4) is 0 Å². The molecule has 2 fully saturated rings. The van der Waals surface area contributed by atoms with Gasteiger partial charge in [0.05, 0.1) is 13.2 Å². The van der Waals surface area contributed by atoms with E-state index in [0.29, 0.717) is 23.9 Å². The number of amides is 2. The molecule has 7 heteroatoms. The lowest BCUT2D eigenvalue weighted by molar-refractivity contribution is -0.140. The highest BCUT2D eigenvalue weighted by molar-refractivity contribution is 5.89. The number of carbonyl (C=O) groups excluding carboxylic acids is 2. The van der Waals surface area contributed by atoms with E-state index in [2.05, 4.69) is 26.7 Å². The van der Waals surface area contributed by atoms with Crippen LogP contribution in [0.4, 0.5) is 10.5 Å². The fourth-order valence-electron chi connectivity index (χ4n) is 4.40. The molecule has 0 aliphatic heterocycles. The van der Waals surface area contributed by atoms with Gasteiger partial charge in [0.1, 0.15) is 0 Å². The van der Waals surface area contributed by atoms with Gasteiger partial charge in [-0.15, -0.1) is 0 Å². The Labute approximate surface area is 171 Å². The lowest BCUT2D eigenvalue weighted by Gasteiger charge is -2.16. The first-order valence-electron chi connectivity index (χ1n) is 10.1. The van der Waals surface area contributed by atoms with Crippen molar-refractivity contribution in [3.63, 3.8) is 0 Å². The van der Waals surface area contributed by atoms with E-state index in [1.807, 2.05) is 18.2 Å². The van der Waals surface area contributed by atoms with Gasteiger partial charge in [-0.05, 0) is 56.1 Å². The van der Waals surface area contributed by atoms with Crippen molar-refractivity contribution in [1.82, 2.24) is 5.43 Å². The molecule has 2 saturated carbocycles. The number of allylic oxidation sites excluding steroid dienone is 2. The average molecular weight is 399 g/mol. The van der Waals surface area contributed by atoms with E-state index >= 15 is 0 Å². The van der Waals surface area contributed by atoms with Crippen molar-refractivity contribution in [2.45, 2.75) is 44.6 Å². The van der Waals surface area contributed by atoms with Gasteiger partial charge in [-0.25, -0.2) is 10.2 Å². The Morgan fingerprint density at radius 1 is 1.28 bits per heavy atom. The monoisotopic (exact) mass is 399 g/mol. The molecule has 0 unspecified atom stereocenters. The zero-order chi connectivity index (χ0) is 20.6. The molecule has 0 spiro atoms. The topological polar surface area (TPSA) is 100 Å². The van der Waals surface area contributed by atoms with Crippen molar-refractivity contribution in [2.24, 2.45) is 22.9 Å². The molecule has 3 rings (SSSR count). The molecule has 0 aromatic heterocycles. The van der Waals surface area contributed by atoms with Gasteiger partial charge in [-0.1, -0.05) is 29.8 Å². The summed E-state index contributed by atoms with van der Waals surface area (Å²) in [5, 5.41) is 17.2. The second kappa shape index (κ2) is 10.2. The standard InChI is InChI=1S/C22H29N3O4/c1-29-21(27)10-6-5-7-15-11-16-13-20(26)19(18(16)12-15)14-23-25-22(28)24-17-8-3-2-4-9-17/h2-4,7-9,14,16,18-20,26H,5-6,10-13H2,1H3,(H2,24,25,28)/b15-7?,23-14+/t16-,18-,19+,20+/m0/s1. The summed E-state index contributed by atoms with van der Waals surface area (Å²) in [4.78, 5) is 23.1. The van der Waals surface area contributed by atoms with E-state index in [4.69, 9.17) is 0 Å². The minimum atomic E-state index is -0.423. The molecule has 0 heterocycles. The number of ether oxygens (including phenoxy) is 1. The Kier molecular flexibility index (Phi) is 7.41. The first-order chi connectivity index (χ1) is 14.1. The number of esters is 1. The number of methoxy groups -OCH3 is 1. The maximum absolute atomic E-state index is 11.9. The Bertz CT molecular complexity index is 763. The lowest BCUT2D eigenvalue weighted by atomic mass is 9.92. The van der Waals surface area contributed by atoms with Crippen molar-refractivity contribution in [3.8, 4) is 0 Å². The molecule has 0 saturated heterocycles. The number of urea groups is 1. The van der Waals surface area contributed by atoms with Gasteiger partial charge in [0, 0.05) is 24.2 Å². The summed E-state index contributed by atoms with van der Waals surface area (Å²) in [6, 6.07) is 8.75. The summed E-state index contributed by atoms with van der Waals surface area (Å²) in [7, 11) is 1.41. The SMILES string of the molecule is COC(=O)CCCC=C1C[C@H]2C[C@@H](O)[C@H](/C=N/NC(=O)Nc3ccccc3)[C@H]2C1. The summed E-state index contributed by atoms with van der Waals surface area (Å²) in [5.41, 5.74) is 4.56. The largest absolute Gasteiger partial charge is 0.469 e. The number of rotatable bonds is 7. The van der Waals surface area contributed by atoms with Gasteiger partial charge in [0.15, 0.2) is 0 Å². The van der Waals surface area contributed by atoms with Crippen LogP contribution in [0, 0.1) is 17.8 Å². The molecule has 3 N–H and O–H groups in total. The number of benzene rings is 1. The number of unbranched alkanes of at least 4 members (excludes halogenated alkanes) is 1. The highest BCUT2D eigenvalue weighted by atomic mass is 16.5. The van der Waals surface area contributed by atoms with Crippen molar-refractivity contribution >= 4 is 23.9 Å². The quantitative estimate of drug-likeness (QED) is 0.215. The van der Waals surface area contributed by atoms with Crippen molar-refractivity contribution in [1.29, 1.82) is 0 Å². The Balaban J connectivity index is 1.47. The van der Waals surface area contributed by atoms with E-state index in [9.17, 15) is 14.7 Å². The Morgan fingerprint density at radius 2 is 2.07 bits per heavy atom. The third-order valence-electron chi connectivity index (χ3n) is 5.80. The number of fused-ring (bicyclic) bond motifs is 1. The molecule has 1 aromatic rings. The van der Waals surface area contributed by atoms with Crippen LogP contribution in [-0.4, -0.2) is 36.5 Å². The molecule has 2 amide bonds. The predicted octanol–water partition coefficient (Wildman–Crippen LogP) is 3.47. The zero-order valence-electron chi connectivity index (χ0n) is 16.7. The summed E-state index contributed by atoms with van der Waals surface area (Å²) in [6.45, 7) is 0. The van der Waals surface area contributed by atoms with Gasteiger partial charge in [0.2, 0.25) is 0 Å². The summed E-state index contributed by atoms with van der Waals surface area (Å²) >= 11 is 0. The maximum Gasteiger partial charge on any atom is 0.339 e. The molecule has 29 heavy (non-hydrogen) atoms. The van der Waals surface area contributed by atoms with E-state index in [-0.39, 0.29) is 11.9 Å². The first kappa shape index (κ1) is 21.0. The van der Waals surface area contributed by atoms with E-state index in [0.717, 1.165) is 32.1 Å². The third-order valence-corrected chi connectivity index (χ3v) is 5.80. The summed E-state index contributed by atoms with van der Waals surface area (Å²) < 4.78 is 4.66. The molecule has 2 aliphatic rings. The minimum absolute atomic E-state index is 0.0574. The van der Waals surface area contributed by atoms with Crippen LogP contribution >= 0.6 is 0 Å². The van der Waals surface area contributed by atoms with E-state index in [1.165, 1.54) is 12.7 Å². The smallest absolute Gasteiger partial charge is 0.339 e. The van der Waals surface area contributed by atoms with Gasteiger partial charge in [0.25, 0.3) is 0 Å². The number of nitrogens with zero attached hydrogens (tertiary/aromatic N) is 1. The fraction of sp³-hybridized carbons (Fsp3) is 0.500. The highest BCUT2D eigenvalue weighted by Gasteiger charge is 2.45. The second-order valence-corrected chi connectivity index (χ2v) is 7.75. The molecule has 1 aromatic carbocycles. The molecular formula is C22H29N3O4. The van der Waals surface area contributed by atoms with Crippen LogP contribution in [0.1, 0.15) is 38.5 Å². The lowest BCUT2D eigenvalue weighted by Crippen LogP contribution is -2.27. The van der Waals surface area contributed by atoms with Crippen LogP contribution in [0.25, 0.3) is 0 Å². The molecule has 2 aliphatic carbocycles. The number of carbonyl (C=O) groups is 2. The number of hydrogen-bond donors (Lipinski definition) is 3. The zero-order valence-corrected chi connectivity index (χ0v) is 16.7. The fourth-order valence-corrected chi connectivity index (χ4v) is 4.40. The molecule has 0 radical (unpaired) electrons. The number of hydrogen-bond acceptors (Lipinski definition) is 5. The molecular weight excluding hydrogens is 370 g/mol. The number of para-hydroxylation sites is 1. The molecule has 156 valence electrons. The number of hydrazone groups is 1.